The SMILES string of the molecule is Cc1ccc(CNC(=O)C2(C(=O)N3CCN(c4cccc(C)c4)CC3)CC2)cc1. The first-order valence-electron chi connectivity index (χ1n) is 10.4. The van der Waals surface area contributed by atoms with Crippen molar-refractivity contribution in [3.05, 3.63) is 65.2 Å². The Balaban J connectivity index is 1.33. The van der Waals surface area contributed by atoms with Gasteiger partial charge in [0.1, 0.15) is 5.41 Å². The van der Waals surface area contributed by atoms with Crippen LogP contribution in [0.1, 0.15) is 29.5 Å². The number of carbonyl (C=O) groups excluding carboxylic acids is 2. The molecule has 0 atom stereocenters. The second-order valence-electron chi connectivity index (χ2n) is 8.37. The number of rotatable bonds is 5. The molecule has 0 aromatic heterocycles. The number of aryl methyl sites for hydroxylation is 2. The van der Waals surface area contributed by atoms with Gasteiger partial charge in [0.05, 0.1) is 0 Å². The minimum absolute atomic E-state index is 0.00259. The number of nitrogens with one attached hydrogen (secondary N) is 1. The second-order valence-corrected chi connectivity index (χ2v) is 8.37. The molecular formula is C24H29N3O2. The van der Waals surface area contributed by atoms with E-state index in [1.807, 2.05) is 36.1 Å². The number of nitrogens with zero attached hydrogens (tertiary/aromatic N) is 2. The highest BCUT2D eigenvalue weighted by Crippen LogP contribution is 2.47. The predicted octanol–water partition coefficient (Wildman–Crippen LogP) is 3.05. The van der Waals surface area contributed by atoms with Crippen molar-refractivity contribution >= 4 is 17.5 Å². The van der Waals surface area contributed by atoms with Crippen LogP contribution in [0.5, 0.6) is 0 Å². The van der Waals surface area contributed by atoms with Gasteiger partial charge in [-0.05, 0) is 49.9 Å². The topological polar surface area (TPSA) is 52.7 Å². The summed E-state index contributed by atoms with van der Waals surface area (Å²) >= 11 is 0. The van der Waals surface area contributed by atoms with Crippen LogP contribution in [0.25, 0.3) is 0 Å². The van der Waals surface area contributed by atoms with E-state index in [0.29, 0.717) is 32.5 Å². The third-order valence-corrected chi connectivity index (χ3v) is 6.10. The van der Waals surface area contributed by atoms with E-state index in [1.54, 1.807) is 0 Å². The van der Waals surface area contributed by atoms with Crippen molar-refractivity contribution in [1.29, 1.82) is 0 Å². The molecule has 2 aromatic rings. The molecule has 1 aliphatic carbocycles. The van der Waals surface area contributed by atoms with Crippen molar-refractivity contribution in [1.82, 2.24) is 10.2 Å². The minimum Gasteiger partial charge on any atom is -0.368 e. The van der Waals surface area contributed by atoms with Crippen LogP contribution in [0.3, 0.4) is 0 Å². The van der Waals surface area contributed by atoms with Gasteiger partial charge in [-0.3, -0.25) is 9.59 Å². The van der Waals surface area contributed by atoms with Crippen LogP contribution in [-0.4, -0.2) is 42.9 Å². The summed E-state index contributed by atoms with van der Waals surface area (Å²) in [6, 6.07) is 16.6. The fourth-order valence-corrected chi connectivity index (χ4v) is 4.02. The zero-order valence-electron chi connectivity index (χ0n) is 17.3. The van der Waals surface area contributed by atoms with Crippen molar-refractivity contribution in [3.8, 4) is 0 Å². The zero-order chi connectivity index (χ0) is 20.4. The molecule has 2 fully saturated rings. The molecule has 0 radical (unpaired) electrons. The van der Waals surface area contributed by atoms with Gasteiger partial charge in [-0.25, -0.2) is 0 Å². The molecule has 152 valence electrons. The first kappa shape index (κ1) is 19.5. The fraction of sp³-hybridized carbons (Fsp3) is 0.417. The van der Waals surface area contributed by atoms with Crippen molar-refractivity contribution < 1.29 is 9.59 Å². The Bertz CT molecular complexity index is 895. The fourth-order valence-electron chi connectivity index (χ4n) is 4.02. The minimum atomic E-state index is -0.837. The first-order valence-corrected chi connectivity index (χ1v) is 10.4. The lowest BCUT2D eigenvalue weighted by atomic mass is 10.0. The maximum absolute atomic E-state index is 13.1. The number of amides is 2. The standard InChI is InChI=1S/C24H29N3O2/c1-18-6-8-20(9-7-18)17-25-22(28)24(10-11-24)23(29)27-14-12-26(13-15-27)21-5-3-4-19(2)16-21/h3-9,16H,10-15,17H2,1-2H3,(H,25,28). The summed E-state index contributed by atoms with van der Waals surface area (Å²) < 4.78 is 0. The van der Waals surface area contributed by atoms with Gasteiger partial charge < -0.3 is 15.1 Å². The Morgan fingerprint density at radius 1 is 0.931 bits per heavy atom. The van der Waals surface area contributed by atoms with Crippen molar-refractivity contribution in [2.45, 2.75) is 33.2 Å². The third-order valence-electron chi connectivity index (χ3n) is 6.10. The van der Waals surface area contributed by atoms with E-state index in [0.717, 1.165) is 18.7 Å². The Kier molecular flexibility index (Phi) is 5.31. The number of hydrogen-bond donors (Lipinski definition) is 1. The van der Waals surface area contributed by atoms with Crippen LogP contribution in [-0.2, 0) is 16.1 Å². The average molecular weight is 392 g/mol. The number of piperazine rings is 1. The molecule has 5 nitrogen and oxygen atoms in total. The van der Waals surface area contributed by atoms with E-state index in [4.69, 9.17) is 0 Å². The maximum atomic E-state index is 13.1. The molecule has 0 unspecified atom stereocenters. The largest absolute Gasteiger partial charge is 0.368 e. The molecule has 1 saturated heterocycles. The molecule has 29 heavy (non-hydrogen) atoms. The van der Waals surface area contributed by atoms with Crippen molar-refractivity contribution in [3.63, 3.8) is 0 Å². The Labute approximate surface area is 172 Å². The molecule has 4 rings (SSSR count). The highest BCUT2D eigenvalue weighted by Gasteiger charge is 2.58. The highest BCUT2D eigenvalue weighted by atomic mass is 16.2. The van der Waals surface area contributed by atoms with E-state index in [9.17, 15) is 9.59 Å². The van der Waals surface area contributed by atoms with E-state index in [1.165, 1.54) is 16.8 Å². The van der Waals surface area contributed by atoms with Crippen LogP contribution in [0.2, 0.25) is 0 Å². The van der Waals surface area contributed by atoms with E-state index >= 15 is 0 Å². The van der Waals surface area contributed by atoms with Crippen molar-refractivity contribution in [2.75, 3.05) is 31.1 Å². The van der Waals surface area contributed by atoms with Crippen LogP contribution in [0, 0.1) is 19.3 Å². The van der Waals surface area contributed by atoms with Gasteiger partial charge >= 0.3 is 0 Å². The molecule has 5 heteroatoms. The highest BCUT2D eigenvalue weighted by molar-refractivity contribution is 6.07. The molecule has 2 amide bonds. The quantitative estimate of drug-likeness (QED) is 0.797. The van der Waals surface area contributed by atoms with Gasteiger partial charge in [0.25, 0.3) is 0 Å². The molecule has 1 N–H and O–H groups in total. The smallest absolute Gasteiger partial charge is 0.238 e. The van der Waals surface area contributed by atoms with Crippen molar-refractivity contribution in [2.24, 2.45) is 5.41 Å². The molecule has 2 aliphatic rings. The summed E-state index contributed by atoms with van der Waals surface area (Å²) in [4.78, 5) is 30.1. The third kappa shape index (κ3) is 4.14. The maximum Gasteiger partial charge on any atom is 0.238 e. The molecule has 1 heterocycles. The lowest BCUT2D eigenvalue weighted by Gasteiger charge is -2.37. The first-order chi connectivity index (χ1) is 14.0. The van der Waals surface area contributed by atoms with Gasteiger partial charge in [-0.2, -0.15) is 0 Å². The van der Waals surface area contributed by atoms with E-state index in [-0.39, 0.29) is 11.8 Å². The van der Waals surface area contributed by atoms with Gasteiger partial charge in [0.2, 0.25) is 11.8 Å². The second kappa shape index (κ2) is 7.90. The number of anilines is 1. The lowest BCUT2D eigenvalue weighted by molar-refractivity contribution is -0.144. The molecule has 1 aliphatic heterocycles. The van der Waals surface area contributed by atoms with Crippen LogP contribution in [0.15, 0.2) is 48.5 Å². The van der Waals surface area contributed by atoms with Gasteiger partial charge in [-0.15, -0.1) is 0 Å². The molecule has 2 aromatic carbocycles. The normalized spacial score (nSPS) is 17.7. The summed E-state index contributed by atoms with van der Waals surface area (Å²) in [5.74, 6) is -0.119. The Hall–Kier alpha value is -2.82. The number of carbonyl (C=O) groups is 2. The van der Waals surface area contributed by atoms with Crippen LogP contribution < -0.4 is 10.2 Å². The molecule has 1 saturated carbocycles. The van der Waals surface area contributed by atoms with Gasteiger partial charge in [0, 0.05) is 38.4 Å². The zero-order valence-corrected chi connectivity index (χ0v) is 17.3. The molecule has 0 bridgehead atoms. The summed E-state index contributed by atoms with van der Waals surface area (Å²) in [7, 11) is 0. The summed E-state index contributed by atoms with van der Waals surface area (Å²) in [5, 5.41) is 2.99. The average Bonchev–Trinajstić information content (AvgIpc) is 3.55. The summed E-state index contributed by atoms with van der Waals surface area (Å²) in [6.45, 7) is 7.54. The summed E-state index contributed by atoms with van der Waals surface area (Å²) in [6.07, 6.45) is 1.31. The van der Waals surface area contributed by atoms with Gasteiger partial charge in [0.15, 0.2) is 0 Å². The number of hydrogen-bond acceptors (Lipinski definition) is 3. The number of benzene rings is 2. The van der Waals surface area contributed by atoms with E-state index < -0.39 is 5.41 Å². The van der Waals surface area contributed by atoms with Gasteiger partial charge in [-0.1, -0.05) is 42.0 Å². The monoisotopic (exact) mass is 391 g/mol. The molecular weight excluding hydrogens is 362 g/mol. The van der Waals surface area contributed by atoms with Crippen LogP contribution >= 0.6 is 0 Å². The molecule has 0 spiro atoms. The predicted molar refractivity (Wildman–Crippen MR) is 115 cm³/mol. The lowest BCUT2D eigenvalue weighted by Crippen LogP contribution is -2.53. The van der Waals surface area contributed by atoms with E-state index in [2.05, 4.69) is 41.4 Å². The Morgan fingerprint density at radius 2 is 1.62 bits per heavy atom. The summed E-state index contributed by atoms with van der Waals surface area (Å²) in [5.41, 5.74) is 3.85. The van der Waals surface area contributed by atoms with Crippen LogP contribution in [0.4, 0.5) is 5.69 Å². The Morgan fingerprint density at radius 3 is 2.24 bits per heavy atom.